The topological polar surface area (TPSA) is 34.4 Å². The van der Waals surface area contributed by atoms with Gasteiger partial charge in [0.05, 0.1) is 16.6 Å². The van der Waals surface area contributed by atoms with E-state index in [1.54, 1.807) is 11.3 Å². The molecule has 0 aliphatic heterocycles. The molecule has 0 bridgehead atoms. The van der Waals surface area contributed by atoms with Crippen molar-refractivity contribution < 1.29 is 4.79 Å². The molecule has 3 rings (SSSR count). The molecule has 22 heavy (non-hydrogen) atoms. The van der Waals surface area contributed by atoms with E-state index < -0.39 is 0 Å². The van der Waals surface area contributed by atoms with E-state index in [0.29, 0.717) is 6.42 Å². The first-order valence-electron chi connectivity index (χ1n) is 7.23. The molecule has 3 nitrogen and oxygen atoms in total. The van der Waals surface area contributed by atoms with E-state index in [1.165, 1.54) is 5.56 Å². The van der Waals surface area contributed by atoms with Gasteiger partial charge in [0, 0.05) is 7.05 Å². The summed E-state index contributed by atoms with van der Waals surface area (Å²) >= 11 is 1.55. The minimum atomic E-state index is -0.101. The number of aromatic nitrogens is 1. The zero-order valence-corrected chi connectivity index (χ0v) is 13.8. The van der Waals surface area contributed by atoms with Gasteiger partial charge in [0.1, 0.15) is 0 Å². The van der Waals surface area contributed by atoms with Gasteiger partial charge in [0.2, 0.25) is 0 Å². The van der Waals surface area contributed by atoms with Crippen LogP contribution >= 0.6 is 11.3 Å². The normalized spacial score (nSPS) is 12.0. The smallest absolute Gasteiger partial charge is 0.252 e. The predicted octanol–water partition coefficient (Wildman–Crippen LogP) is 3.53. The van der Waals surface area contributed by atoms with Crippen molar-refractivity contribution in [3.8, 4) is 0 Å². The van der Waals surface area contributed by atoms with Crippen LogP contribution in [0.3, 0.4) is 0 Å². The highest BCUT2D eigenvalue weighted by Gasteiger charge is 2.07. The summed E-state index contributed by atoms with van der Waals surface area (Å²) in [5, 5.41) is 0. The molecule has 0 radical (unpaired) electrons. The number of carbonyl (C=O) groups is 1. The molecular weight excluding hydrogens is 292 g/mol. The van der Waals surface area contributed by atoms with Gasteiger partial charge in [-0.3, -0.25) is 4.79 Å². The fourth-order valence-corrected chi connectivity index (χ4v) is 3.52. The molecule has 112 valence electrons. The molecule has 0 N–H and O–H groups in total. The second-order valence-electron chi connectivity index (χ2n) is 5.52. The molecule has 1 heterocycles. The lowest BCUT2D eigenvalue weighted by Crippen LogP contribution is -2.14. The molecule has 3 aromatic rings. The minimum Gasteiger partial charge on any atom is -0.319 e. The first kappa shape index (κ1) is 14.7. The van der Waals surface area contributed by atoms with Crippen LogP contribution in [0.15, 0.2) is 47.5 Å². The van der Waals surface area contributed by atoms with Crippen LogP contribution in [0, 0.1) is 13.8 Å². The monoisotopic (exact) mass is 310 g/mol. The number of thiazole rings is 1. The lowest BCUT2D eigenvalue weighted by Gasteiger charge is -2.04. The second kappa shape index (κ2) is 5.89. The third kappa shape index (κ3) is 2.88. The molecule has 0 saturated carbocycles. The van der Waals surface area contributed by atoms with Crippen LogP contribution < -0.4 is 4.80 Å². The Morgan fingerprint density at radius 3 is 2.73 bits per heavy atom. The zero-order valence-electron chi connectivity index (χ0n) is 13.0. The average molecular weight is 310 g/mol. The molecule has 1 aromatic heterocycles. The molecule has 0 saturated heterocycles. The fraction of sp³-hybridized carbons (Fsp3) is 0.222. The summed E-state index contributed by atoms with van der Waals surface area (Å²) in [7, 11) is 1.95. The zero-order chi connectivity index (χ0) is 15.7. The van der Waals surface area contributed by atoms with Gasteiger partial charge >= 0.3 is 0 Å². The lowest BCUT2D eigenvalue weighted by atomic mass is 10.0. The van der Waals surface area contributed by atoms with Crippen molar-refractivity contribution >= 4 is 27.5 Å². The molecule has 0 fully saturated rings. The van der Waals surface area contributed by atoms with Crippen molar-refractivity contribution in [2.75, 3.05) is 0 Å². The van der Waals surface area contributed by atoms with Crippen LogP contribution in [-0.2, 0) is 18.3 Å². The first-order valence-corrected chi connectivity index (χ1v) is 8.04. The summed E-state index contributed by atoms with van der Waals surface area (Å²) in [6.07, 6.45) is 0.349. The van der Waals surface area contributed by atoms with E-state index in [4.69, 9.17) is 0 Å². The van der Waals surface area contributed by atoms with Gasteiger partial charge in [-0.15, -0.1) is 0 Å². The number of amides is 1. The molecular formula is C18H18N2OS. The van der Waals surface area contributed by atoms with Crippen molar-refractivity contribution in [2.45, 2.75) is 20.3 Å². The van der Waals surface area contributed by atoms with Gasteiger partial charge in [0.15, 0.2) is 4.80 Å². The van der Waals surface area contributed by atoms with Gasteiger partial charge in [-0.2, -0.15) is 4.99 Å². The Morgan fingerprint density at radius 1 is 1.18 bits per heavy atom. The van der Waals surface area contributed by atoms with E-state index in [9.17, 15) is 4.79 Å². The maximum Gasteiger partial charge on any atom is 0.252 e. The summed E-state index contributed by atoms with van der Waals surface area (Å²) in [6, 6.07) is 14.3. The number of para-hydroxylation sites is 1. The summed E-state index contributed by atoms with van der Waals surface area (Å²) in [6.45, 7) is 4.07. The van der Waals surface area contributed by atoms with E-state index in [0.717, 1.165) is 26.1 Å². The Morgan fingerprint density at radius 2 is 1.95 bits per heavy atom. The Labute approximate surface area is 133 Å². The maximum atomic E-state index is 12.3. The first-order chi connectivity index (χ1) is 10.5. The molecule has 4 heteroatoms. The molecule has 2 aromatic carbocycles. The summed E-state index contributed by atoms with van der Waals surface area (Å²) in [5.74, 6) is -0.101. The van der Waals surface area contributed by atoms with Crippen LogP contribution in [0.5, 0.6) is 0 Å². The van der Waals surface area contributed by atoms with Crippen LogP contribution in [0.25, 0.3) is 10.2 Å². The Bertz CT molecular complexity index is 918. The third-order valence-electron chi connectivity index (χ3n) is 3.78. The number of hydrogen-bond acceptors (Lipinski definition) is 2. The van der Waals surface area contributed by atoms with Crippen LogP contribution in [0.4, 0.5) is 0 Å². The fourth-order valence-electron chi connectivity index (χ4n) is 2.49. The standard InChI is InChI=1S/C18H18N2OS/c1-12-8-9-13(2)14(10-12)11-17(21)19-18-20(3)15-6-4-5-7-16(15)22-18/h4-10H,11H2,1-3H3. The van der Waals surface area contributed by atoms with Gasteiger partial charge in [-0.1, -0.05) is 47.2 Å². The van der Waals surface area contributed by atoms with Gasteiger partial charge in [-0.25, -0.2) is 0 Å². The number of fused-ring (bicyclic) bond motifs is 1. The molecule has 1 amide bonds. The van der Waals surface area contributed by atoms with Crippen LogP contribution in [-0.4, -0.2) is 10.5 Å². The quantitative estimate of drug-likeness (QED) is 0.713. The maximum absolute atomic E-state index is 12.3. The van der Waals surface area contributed by atoms with Crippen molar-refractivity contribution in [1.82, 2.24) is 4.57 Å². The summed E-state index contributed by atoms with van der Waals surface area (Å²) in [4.78, 5) is 17.4. The summed E-state index contributed by atoms with van der Waals surface area (Å²) in [5.41, 5.74) is 4.46. The lowest BCUT2D eigenvalue weighted by molar-refractivity contribution is -0.117. The van der Waals surface area contributed by atoms with Crippen LogP contribution in [0.1, 0.15) is 16.7 Å². The SMILES string of the molecule is Cc1ccc(C)c(CC(=O)N=c2sc3ccccc3n2C)c1. The Kier molecular flexibility index (Phi) is 3.94. The van der Waals surface area contributed by atoms with Crippen LogP contribution in [0.2, 0.25) is 0 Å². The number of benzene rings is 2. The summed E-state index contributed by atoms with van der Waals surface area (Å²) < 4.78 is 3.12. The molecule has 0 atom stereocenters. The van der Waals surface area contributed by atoms with E-state index in [1.807, 2.05) is 49.7 Å². The number of aryl methyl sites for hydroxylation is 3. The van der Waals surface area contributed by atoms with Crippen molar-refractivity contribution in [3.05, 3.63) is 64.0 Å². The molecule has 0 spiro atoms. The number of hydrogen-bond donors (Lipinski definition) is 0. The molecule has 0 aliphatic carbocycles. The van der Waals surface area contributed by atoms with Crippen molar-refractivity contribution in [3.63, 3.8) is 0 Å². The largest absolute Gasteiger partial charge is 0.319 e. The van der Waals surface area contributed by atoms with Gasteiger partial charge < -0.3 is 4.57 Å². The van der Waals surface area contributed by atoms with Gasteiger partial charge in [-0.05, 0) is 37.1 Å². The molecule has 0 unspecified atom stereocenters. The number of carbonyl (C=O) groups excluding carboxylic acids is 1. The highest BCUT2D eigenvalue weighted by molar-refractivity contribution is 7.16. The molecule has 0 aliphatic rings. The van der Waals surface area contributed by atoms with E-state index in [-0.39, 0.29) is 5.91 Å². The Hall–Kier alpha value is -2.20. The van der Waals surface area contributed by atoms with Gasteiger partial charge in [0.25, 0.3) is 5.91 Å². The highest BCUT2D eigenvalue weighted by atomic mass is 32.1. The van der Waals surface area contributed by atoms with Crippen molar-refractivity contribution in [2.24, 2.45) is 12.0 Å². The van der Waals surface area contributed by atoms with E-state index in [2.05, 4.69) is 23.2 Å². The highest BCUT2D eigenvalue weighted by Crippen LogP contribution is 2.15. The minimum absolute atomic E-state index is 0.101. The second-order valence-corrected chi connectivity index (χ2v) is 6.53. The Balaban J connectivity index is 1.95. The van der Waals surface area contributed by atoms with E-state index >= 15 is 0 Å². The predicted molar refractivity (Wildman–Crippen MR) is 91.0 cm³/mol. The number of nitrogens with zero attached hydrogens (tertiary/aromatic N) is 2. The average Bonchev–Trinajstić information content (AvgIpc) is 2.80. The number of rotatable bonds is 2. The van der Waals surface area contributed by atoms with Crippen molar-refractivity contribution in [1.29, 1.82) is 0 Å². The third-order valence-corrected chi connectivity index (χ3v) is 4.89.